The average Bonchev–Trinajstić information content (AvgIpc) is 2.78. The summed E-state index contributed by atoms with van der Waals surface area (Å²) in [5, 5.41) is 3.91. The Balaban J connectivity index is 1.98. The minimum atomic E-state index is -3.83. The van der Waals surface area contributed by atoms with Crippen LogP contribution in [0.5, 0.6) is 17.2 Å². The van der Waals surface area contributed by atoms with Crippen molar-refractivity contribution in [3.63, 3.8) is 0 Å². The number of nitrogens with one attached hydrogen (secondary N) is 1. The number of carbonyl (C=O) groups is 1. The predicted octanol–water partition coefficient (Wildman–Crippen LogP) is 2.65. The van der Waals surface area contributed by atoms with Crippen LogP contribution in [0.1, 0.15) is 25.8 Å². The van der Waals surface area contributed by atoms with Gasteiger partial charge in [-0.3, -0.25) is 4.79 Å². The van der Waals surface area contributed by atoms with Crippen LogP contribution >= 0.6 is 0 Å². The molecule has 0 heterocycles. The lowest BCUT2D eigenvalue weighted by Crippen LogP contribution is -2.36. The van der Waals surface area contributed by atoms with Crippen molar-refractivity contribution in [2.24, 2.45) is 5.10 Å². The minimum Gasteiger partial charge on any atom is -0.497 e. The standard InChI is InChI=1S/C22H29N3O6S/c1-5-13-31-20-12-7-17(14-21(20)30-6-2)15-23-24-22(26)16-25(3)32(27,28)19-10-8-18(29-4)9-11-19/h7-12,14-15H,5-6,13,16H2,1-4H3,(H,24,26)/b23-15-. The van der Waals surface area contributed by atoms with Gasteiger partial charge in [-0.05, 0) is 61.4 Å². The van der Waals surface area contributed by atoms with E-state index in [2.05, 4.69) is 10.5 Å². The van der Waals surface area contributed by atoms with Gasteiger partial charge in [0, 0.05) is 7.05 Å². The maximum Gasteiger partial charge on any atom is 0.255 e. The Morgan fingerprint density at radius 1 is 1.09 bits per heavy atom. The molecule has 0 aliphatic heterocycles. The van der Waals surface area contributed by atoms with Crippen LogP contribution in [0.25, 0.3) is 0 Å². The van der Waals surface area contributed by atoms with Crippen molar-refractivity contribution in [1.29, 1.82) is 0 Å². The number of rotatable bonds is 12. The smallest absolute Gasteiger partial charge is 0.255 e. The number of hydrazone groups is 1. The van der Waals surface area contributed by atoms with Crippen LogP contribution in [0.2, 0.25) is 0 Å². The first-order chi connectivity index (χ1) is 15.3. The second-order valence-electron chi connectivity index (χ2n) is 6.72. The number of sulfonamides is 1. The van der Waals surface area contributed by atoms with Gasteiger partial charge in [0.1, 0.15) is 5.75 Å². The fourth-order valence-electron chi connectivity index (χ4n) is 2.63. The highest BCUT2D eigenvalue weighted by atomic mass is 32.2. The van der Waals surface area contributed by atoms with Gasteiger partial charge in [-0.1, -0.05) is 6.92 Å². The lowest BCUT2D eigenvalue weighted by atomic mass is 10.2. The molecule has 0 aromatic heterocycles. The van der Waals surface area contributed by atoms with Crippen molar-refractivity contribution in [1.82, 2.24) is 9.73 Å². The van der Waals surface area contributed by atoms with Gasteiger partial charge in [-0.15, -0.1) is 0 Å². The maximum absolute atomic E-state index is 12.6. The predicted molar refractivity (Wildman–Crippen MR) is 122 cm³/mol. The van der Waals surface area contributed by atoms with Crippen molar-refractivity contribution in [2.45, 2.75) is 25.2 Å². The summed E-state index contributed by atoms with van der Waals surface area (Å²) >= 11 is 0. The summed E-state index contributed by atoms with van der Waals surface area (Å²) in [4.78, 5) is 12.2. The highest BCUT2D eigenvalue weighted by Gasteiger charge is 2.22. The lowest BCUT2D eigenvalue weighted by Gasteiger charge is -2.16. The Labute approximate surface area is 189 Å². The summed E-state index contributed by atoms with van der Waals surface area (Å²) in [7, 11) is -1.01. The molecule has 1 N–H and O–H groups in total. The van der Waals surface area contributed by atoms with Gasteiger partial charge < -0.3 is 14.2 Å². The van der Waals surface area contributed by atoms with E-state index in [-0.39, 0.29) is 11.4 Å². The second kappa shape index (κ2) is 12.1. The number of hydrogen-bond acceptors (Lipinski definition) is 7. The van der Waals surface area contributed by atoms with Crippen molar-refractivity contribution in [2.75, 3.05) is 33.9 Å². The molecule has 2 aromatic carbocycles. The number of carbonyl (C=O) groups excluding carboxylic acids is 1. The molecule has 0 saturated heterocycles. The van der Waals surface area contributed by atoms with Gasteiger partial charge in [0.25, 0.3) is 5.91 Å². The molecular weight excluding hydrogens is 434 g/mol. The summed E-state index contributed by atoms with van der Waals surface area (Å²) in [6, 6.07) is 11.2. The Morgan fingerprint density at radius 2 is 1.81 bits per heavy atom. The van der Waals surface area contributed by atoms with Crippen molar-refractivity contribution < 1.29 is 27.4 Å². The molecule has 2 aromatic rings. The third-order valence-corrected chi connectivity index (χ3v) is 6.08. The van der Waals surface area contributed by atoms with E-state index in [4.69, 9.17) is 14.2 Å². The number of hydrogen-bond donors (Lipinski definition) is 1. The summed E-state index contributed by atoms with van der Waals surface area (Å²) in [6.45, 7) is 4.57. The fourth-order valence-corrected chi connectivity index (χ4v) is 3.76. The van der Waals surface area contributed by atoms with Crippen LogP contribution in [-0.2, 0) is 14.8 Å². The monoisotopic (exact) mass is 463 g/mol. The van der Waals surface area contributed by atoms with Gasteiger partial charge in [-0.2, -0.15) is 9.41 Å². The minimum absolute atomic E-state index is 0.0611. The molecule has 0 unspecified atom stereocenters. The van der Waals surface area contributed by atoms with Gasteiger partial charge in [-0.25, -0.2) is 13.8 Å². The SMILES string of the molecule is CCCOc1ccc(/C=N\NC(=O)CN(C)S(=O)(=O)c2ccc(OC)cc2)cc1OCC. The fraction of sp³-hybridized carbons (Fsp3) is 0.364. The van der Waals surface area contributed by atoms with Crippen LogP contribution in [0.15, 0.2) is 52.5 Å². The number of likely N-dealkylation sites (N-methyl/N-ethyl adjacent to an activating group) is 1. The molecule has 0 radical (unpaired) electrons. The molecule has 0 atom stereocenters. The van der Waals surface area contributed by atoms with Gasteiger partial charge in [0.05, 0.1) is 38.0 Å². The average molecular weight is 464 g/mol. The van der Waals surface area contributed by atoms with E-state index >= 15 is 0 Å². The zero-order chi connectivity index (χ0) is 23.6. The first-order valence-electron chi connectivity index (χ1n) is 10.1. The topological polar surface area (TPSA) is 107 Å². The third kappa shape index (κ3) is 6.96. The number of methoxy groups -OCH3 is 1. The molecule has 0 aliphatic rings. The molecule has 9 nitrogen and oxygen atoms in total. The van der Waals surface area contributed by atoms with Crippen LogP contribution < -0.4 is 19.6 Å². The highest BCUT2D eigenvalue weighted by molar-refractivity contribution is 7.89. The zero-order valence-corrected chi connectivity index (χ0v) is 19.5. The molecule has 1 amide bonds. The van der Waals surface area contributed by atoms with Gasteiger partial charge in [0.15, 0.2) is 11.5 Å². The largest absolute Gasteiger partial charge is 0.497 e. The molecule has 0 spiro atoms. The molecule has 2 rings (SSSR count). The Kier molecular flexibility index (Phi) is 9.48. The number of amides is 1. The van der Waals surface area contributed by atoms with E-state index < -0.39 is 15.9 Å². The van der Waals surface area contributed by atoms with E-state index in [0.717, 1.165) is 10.7 Å². The second-order valence-corrected chi connectivity index (χ2v) is 8.76. The Bertz CT molecular complexity index is 1020. The molecule has 0 bridgehead atoms. The highest BCUT2D eigenvalue weighted by Crippen LogP contribution is 2.28. The zero-order valence-electron chi connectivity index (χ0n) is 18.7. The number of ether oxygens (including phenoxy) is 3. The van der Waals surface area contributed by atoms with E-state index in [1.54, 1.807) is 30.3 Å². The van der Waals surface area contributed by atoms with Gasteiger partial charge in [0.2, 0.25) is 10.0 Å². The molecule has 0 fully saturated rings. The van der Waals surface area contributed by atoms with Crippen molar-refractivity contribution in [3.05, 3.63) is 48.0 Å². The Morgan fingerprint density at radius 3 is 2.44 bits per heavy atom. The van der Waals surface area contributed by atoms with E-state index in [1.165, 1.54) is 32.5 Å². The maximum atomic E-state index is 12.6. The molecule has 32 heavy (non-hydrogen) atoms. The first kappa shape index (κ1) is 25.2. The quantitative estimate of drug-likeness (QED) is 0.383. The molecule has 10 heteroatoms. The molecule has 174 valence electrons. The lowest BCUT2D eigenvalue weighted by molar-refractivity contribution is -0.121. The third-order valence-electron chi connectivity index (χ3n) is 4.27. The van der Waals surface area contributed by atoms with Crippen molar-refractivity contribution in [3.8, 4) is 17.2 Å². The number of nitrogens with zero attached hydrogens (tertiary/aromatic N) is 2. The molecular formula is C22H29N3O6S. The van der Waals surface area contributed by atoms with E-state index in [0.29, 0.717) is 36.0 Å². The van der Waals surface area contributed by atoms with Crippen LogP contribution in [0, 0.1) is 0 Å². The Hall–Kier alpha value is -3.11. The molecule has 0 saturated carbocycles. The summed E-state index contributed by atoms with van der Waals surface area (Å²) < 4.78 is 42.4. The summed E-state index contributed by atoms with van der Waals surface area (Å²) in [5.74, 6) is 1.19. The first-order valence-corrected chi connectivity index (χ1v) is 11.6. The van der Waals surface area contributed by atoms with E-state index in [1.807, 2.05) is 13.8 Å². The van der Waals surface area contributed by atoms with E-state index in [9.17, 15) is 13.2 Å². The van der Waals surface area contributed by atoms with Gasteiger partial charge >= 0.3 is 0 Å². The normalized spacial score (nSPS) is 11.5. The van der Waals surface area contributed by atoms with Crippen LogP contribution in [0.3, 0.4) is 0 Å². The van der Waals surface area contributed by atoms with Crippen LogP contribution in [-0.4, -0.2) is 58.8 Å². The summed E-state index contributed by atoms with van der Waals surface area (Å²) in [5.41, 5.74) is 3.03. The summed E-state index contributed by atoms with van der Waals surface area (Å²) in [6.07, 6.45) is 2.32. The van der Waals surface area contributed by atoms with Crippen molar-refractivity contribution >= 4 is 22.1 Å². The molecule has 0 aliphatic carbocycles. The van der Waals surface area contributed by atoms with Crippen LogP contribution in [0.4, 0.5) is 0 Å². The number of benzene rings is 2.